The number of hydrogen-bond donors (Lipinski definition) is 1. The first-order chi connectivity index (χ1) is 13.1. The SMILES string of the molecule is CCOc1cccc(C=NN2CCN(Cc3ccc(C)cc3C)CC2)c1O. The van der Waals surface area contributed by atoms with Gasteiger partial charge in [0, 0.05) is 38.3 Å². The van der Waals surface area contributed by atoms with E-state index in [9.17, 15) is 5.11 Å². The van der Waals surface area contributed by atoms with E-state index in [1.165, 1.54) is 16.7 Å². The standard InChI is InChI=1S/C22H29N3O2/c1-4-27-21-7-5-6-19(22(21)26)15-23-25-12-10-24(11-13-25)16-20-9-8-17(2)14-18(20)3/h5-9,14-15,26H,4,10-13,16H2,1-3H3. The molecule has 0 saturated carbocycles. The highest BCUT2D eigenvalue weighted by Crippen LogP contribution is 2.28. The van der Waals surface area contributed by atoms with Crippen LogP contribution < -0.4 is 4.74 Å². The second-order valence-electron chi connectivity index (χ2n) is 7.03. The van der Waals surface area contributed by atoms with Crippen LogP contribution in [0.1, 0.15) is 29.2 Å². The highest BCUT2D eigenvalue weighted by molar-refractivity contribution is 5.84. The molecule has 5 nitrogen and oxygen atoms in total. The third-order valence-corrected chi connectivity index (χ3v) is 4.93. The van der Waals surface area contributed by atoms with E-state index in [2.05, 4.69) is 47.1 Å². The van der Waals surface area contributed by atoms with Crippen LogP contribution in [-0.2, 0) is 6.54 Å². The average Bonchev–Trinajstić information content (AvgIpc) is 2.66. The molecule has 0 aromatic heterocycles. The number of aromatic hydroxyl groups is 1. The molecule has 2 aromatic carbocycles. The first-order valence-corrected chi connectivity index (χ1v) is 9.59. The minimum absolute atomic E-state index is 0.150. The van der Waals surface area contributed by atoms with Crippen LogP contribution in [0.4, 0.5) is 0 Å². The number of rotatable bonds is 6. The lowest BCUT2D eigenvalue weighted by molar-refractivity contribution is 0.131. The molecule has 144 valence electrons. The van der Waals surface area contributed by atoms with Crippen LogP contribution in [0.15, 0.2) is 41.5 Å². The number of benzene rings is 2. The number of phenolic OH excluding ortho intramolecular Hbond substituents is 1. The van der Waals surface area contributed by atoms with Crippen molar-refractivity contribution in [1.29, 1.82) is 0 Å². The van der Waals surface area contributed by atoms with Gasteiger partial charge in [-0.3, -0.25) is 9.91 Å². The van der Waals surface area contributed by atoms with Gasteiger partial charge in [-0.1, -0.05) is 29.8 Å². The quantitative estimate of drug-likeness (QED) is 0.793. The normalized spacial score (nSPS) is 15.4. The molecule has 5 heteroatoms. The van der Waals surface area contributed by atoms with E-state index in [-0.39, 0.29) is 5.75 Å². The van der Waals surface area contributed by atoms with Crippen LogP contribution in [0, 0.1) is 13.8 Å². The van der Waals surface area contributed by atoms with Crippen LogP contribution in [0.2, 0.25) is 0 Å². The van der Waals surface area contributed by atoms with Gasteiger partial charge in [0.15, 0.2) is 11.5 Å². The van der Waals surface area contributed by atoms with Crippen LogP contribution >= 0.6 is 0 Å². The summed E-state index contributed by atoms with van der Waals surface area (Å²) in [4.78, 5) is 2.47. The minimum Gasteiger partial charge on any atom is -0.504 e. The zero-order valence-electron chi connectivity index (χ0n) is 16.5. The van der Waals surface area contributed by atoms with Gasteiger partial charge in [-0.15, -0.1) is 0 Å². The molecular weight excluding hydrogens is 338 g/mol. The van der Waals surface area contributed by atoms with Gasteiger partial charge in [0.2, 0.25) is 0 Å². The summed E-state index contributed by atoms with van der Waals surface area (Å²) in [6, 6.07) is 12.2. The number of hydrogen-bond acceptors (Lipinski definition) is 5. The van der Waals surface area contributed by atoms with Crippen molar-refractivity contribution < 1.29 is 9.84 Å². The van der Waals surface area contributed by atoms with Crippen molar-refractivity contribution in [3.63, 3.8) is 0 Å². The van der Waals surface area contributed by atoms with Crippen molar-refractivity contribution in [2.24, 2.45) is 5.10 Å². The Labute approximate surface area is 161 Å². The summed E-state index contributed by atoms with van der Waals surface area (Å²) >= 11 is 0. The minimum atomic E-state index is 0.150. The number of ether oxygens (including phenoxy) is 1. The summed E-state index contributed by atoms with van der Waals surface area (Å²) in [5, 5.41) is 16.9. The van der Waals surface area contributed by atoms with Gasteiger partial charge in [-0.25, -0.2) is 0 Å². The smallest absolute Gasteiger partial charge is 0.166 e. The topological polar surface area (TPSA) is 48.3 Å². The summed E-state index contributed by atoms with van der Waals surface area (Å²) in [7, 11) is 0. The van der Waals surface area contributed by atoms with Crippen molar-refractivity contribution in [3.8, 4) is 11.5 Å². The van der Waals surface area contributed by atoms with E-state index in [1.807, 2.05) is 19.1 Å². The Morgan fingerprint density at radius 1 is 1.11 bits per heavy atom. The Kier molecular flexibility index (Phi) is 6.35. The largest absolute Gasteiger partial charge is 0.504 e. The Balaban J connectivity index is 1.55. The fourth-order valence-electron chi connectivity index (χ4n) is 3.33. The van der Waals surface area contributed by atoms with Crippen molar-refractivity contribution in [2.45, 2.75) is 27.3 Å². The van der Waals surface area contributed by atoms with Crippen molar-refractivity contribution in [3.05, 3.63) is 58.7 Å². The van der Waals surface area contributed by atoms with E-state index >= 15 is 0 Å². The third-order valence-electron chi connectivity index (χ3n) is 4.93. The van der Waals surface area contributed by atoms with Gasteiger partial charge in [-0.2, -0.15) is 5.10 Å². The maximum absolute atomic E-state index is 10.3. The van der Waals surface area contributed by atoms with E-state index in [0.717, 1.165) is 32.7 Å². The Morgan fingerprint density at radius 2 is 1.89 bits per heavy atom. The molecule has 0 unspecified atom stereocenters. The number of phenols is 1. The Morgan fingerprint density at radius 3 is 2.59 bits per heavy atom. The van der Waals surface area contributed by atoms with E-state index in [0.29, 0.717) is 17.9 Å². The van der Waals surface area contributed by atoms with Crippen molar-refractivity contribution >= 4 is 6.21 Å². The van der Waals surface area contributed by atoms with Crippen LogP contribution in [0.25, 0.3) is 0 Å². The molecule has 1 aliphatic rings. The zero-order valence-corrected chi connectivity index (χ0v) is 16.5. The molecule has 1 aliphatic heterocycles. The molecule has 0 radical (unpaired) electrons. The van der Waals surface area contributed by atoms with Gasteiger partial charge in [0.25, 0.3) is 0 Å². The molecule has 0 spiro atoms. The van der Waals surface area contributed by atoms with Crippen LogP contribution in [0.5, 0.6) is 11.5 Å². The molecule has 1 saturated heterocycles. The summed E-state index contributed by atoms with van der Waals surface area (Å²) in [5.74, 6) is 0.649. The number of aryl methyl sites for hydroxylation is 2. The summed E-state index contributed by atoms with van der Waals surface area (Å²) in [6.45, 7) is 11.5. The maximum Gasteiger partial charge on any atom is 0.166 e. The number of nitrogens with zero attached hydrogens (tertiary/aromatic N) is 3. The van der Waals surface area contributed by atoms with Crippen molar-refractivity contribution in [2.75, 3.05) is 32.8 Å². The number of piperazine rings is 1. The summed E-state index contributed by atoms with van der Waals surface area (Å²) in [5.41, 5.74) is 4.75. The van der Waals surface area contributed by atoms with Gasteiger partial charge >= 0.3 is 0 Å². The molecule has 27 heavy (non-hydrogen) atoms. The molecule has 3 rings (SSSR count). The number of hydrazone groups is 1. The maximum atomic E-state index is 10.3. The molecule has 0 aliphatic carbocycles. The average molecular weight is 367 g/mol. The third kappa shape index (κ3) is 5.01. The second-order valence-corrected chi connectivity index (χ2v) is 7.03. The molecule has 1 fully saturated rings. The summed E-state index contributed by atoms with van der Waals surface area (Å²) < 4.78 is 5.42. The molecule has 0 atom stereocenters. The number of para-hydroxylation sites is 1. The fraction of sp³-hybridized carbons (Fsp3) is 0.409. The lowest BCUT2D eigenvalue weighted by Gasteiger charge is -2.33. The zero-order chi connectivity index (χ0) is 19.2. The Bertz CT molecular complexity index is 796. The lowest BCUT2D eigenvalue weighted by atomic mass is 10.1. The van der Waals surface area contributed by atoms with E-state index in [1.54, 1.807) is 12.3 Å². The molecule has 0 amide bonds. The molecular formula is C22H29N3O2. The van der Waals surface area contributed by atoms with E-state index < -0.39 is 0 Å². The van der Waals surface area contributed by atoms with E-state index in [4.69, 9.17) is 4.74 Å². The highest BCUT2D eigenvalue weighted by Gasteiger charge is 2.16. The molecule has 1 heterocycles. The predicted octanol–water partition coefficient (Wildman–Crippen LogP) is 3.56. The first kappa shape index (κ1) is 19.2. The van der Waals surface area contributed by atoms with Crippen LogP contribution in [-0.4, -0.2) is 54.0 Å². The Hall–Kier alpha value is -2.53. The van der Waals surface area contributed by atoms with Crippen LogP contribution in [0.3, 0.4) is 0 Å². The monoisotopic (exact) mass is 367 g/mol. The second kappa shape index (κ2) is 8.91. The lowest BCUT2D eigenvalue weighted by Crippen LogP contribution is -2.43. The van der Waals surface area contributed by atoms with Crippen molar-refractivity contribution in [1.82, 2.24) is 9.91 Å². The molecule has 0 bridgehead atoms. The summed E-state index contributed by atoms with van der Waals surface area (Å²) in [6.07, 6.45) is 1.72. The predicted molar refractivity (Wildman–Crippen MR) is 110 cm³/mol. The first-order valence-electron chi connectivity index (χ1n) is 9.59. The van der Waals surface area contributed by atoms with Gasteiger partial charge in [0.1, 0.15) is 0 Å². The highest BCUT2D eigenvalue weighted by atomic mass is 16.5. The van der Waals surface area contributed by atoms with Gasteiger partial charge in [0.05, 0.1) is 12.8 Å². The van der Waals surface area contributed by atoms with Gasteiger partial charge in [-0.05, 0) is 44.0 Å². The fourth-order valence-corrected chi connectivity index (χ4v) is 3.33. The molecule has 2 aromatic rings. The molecule has 1 N–H and O–H groups in total. The van der Waals surface area contributed by atoms with Gasteiger partial charge < -0.3 is 9.84 Å².